The molecule has 0 saturated carbocycles. The van der Waals surface area contributed by atoms with E-state index in [4.69, 9.17) is 13.6 Å². The van der Waals surface area contributed by atoms with Crippen molar-refractivity contribution in [2.24, 2.45) is 0 Å². The number of phosphoric ester groups is 1. The van der Waals surface area contributed by atoms with Gasteiger partial charge in [-0.2, -0.15) is 9.55 Å². The van der Waals surface area contributed by atoms with E-state index in [1.54, 1.807) is 24.7 Å². The van der Waals surface area contributed by atoms with Gasteiger partial charge < -0.3 is 18.1 Å². The second-order valence-electron chi connectivity index (χ2n) is 5.88. The van der Waals surface area contributed by atoms with Gasteiger partial charge in [0.1, 0.15) is 5.39 Å². The van der Waals surface area contributed by atoms with Crippen molar-refractivity contribution >= 4 is 18.7 Å². The highest BCUT2D eigenvalue weighted by atomic mass is 31.2. The minimum atomic E-state index is -3.68. The summed E-state index contributed by atoms with van der Waals surface area (Å²) in [5.74, 6) is 1.44. The molecule has 4 heterocycles. The van der Waals surface area contributed by atoms with Gasteiger partial charge in [-0.25, -0.2) is 9.97 Å². The molecule has 4 aromatic rings. The van der Waals surface area contributed by atoms with Gasteiger partial charge in [-0.1, -0.05) is 12.1 Å². The van der Waals surface area contributed by atoms with E-state index in [1.165, 1.54) is 0 Å². The maximum absolute atomic E-state index is 12.4. The van der Waals surface area contributed by atoms with Gasteiger partial charge >= 0.3 is 7.82 Å². The first kappa shape index (κ1) is 13.9. The van der Waals surface area contributed by atoms with Gasteiger partial charge in [0.25, 0.3) is 0 Å². The van der Waals surface area contributed by atoms with Crippen LogP contribution in [-0.2, 0) is 4.57 Å². The molecule has 0 N–H and O–H groups in total. The molecule has 9 heteroatoms. The highest BCUT2D eigenvalue weighted by Gasteiger charge is 2.47. The second-order valence-corrected chi connectivity index (χ2v) is 7.32. The van der Waals surface area contributed by atoms with Crippen molar-refractivity contribution in [1.82, 2.24) is 19.5 Å². The molecule has 0 radical (unpaired) electrons. The molecule has 0 saturated heterocycles. The van der Waals surface area contributed by atoms with E-state index in [0.29, 0.717) is 28.2 Å². The molecule has 2 aliphatic rings. The van der Waals surface area contributed by atoms with Crippen molar-refractivity contribution < 1.29 is 18.1 Å². The Hall–Kier alpha value is -3.38. The first-order valence-corrected chi connectivity index (χ1v) is 9.27. The lowest BCUT2D eigenvalue weighted by molar-refractivity contribution is 0.323. The Kier molecular flexibility index (Phi) is 2.46. The van der Waals surface area contributed by atoms with Crippen molar-refractivity contribution in [3.63, 3.8) is 0 Å². The van der Waals surface area contributed by atoms with E-state index in [1.807, 2.05) is 35.0 Å². The number of aromatic nitrogens is 4. The maximum Gasteiger partial charge on any atom is 0.648 e. The molecule has 0 fully saturated rings. The Balaban J connectivity index is 1.57. The Morgan fingerprint density at radius 2 is 2.00 bits per heavy atom. The molecule has 2 aromatic heterocycles. The Labute approximate surface area is 146 Å². The molecular formula is C17H9N4O4P. The van der Waals surface area contributed by atoms with Gasteiger partial charge in [0.05, 0.1) is 11.8 Å². The second kappa shape index (κ2) is 4.62. The van der Waals surface area contributed by atoms with Crippen molar-refractivity contribution in [1.29, 1.82) is 0 Å². The predicted octanol–water partition coefficient (Wildman–Crippen LogP) is 3.75. The molecule has 26 heavy (non-hydrogen) atoms. The SMILES string of the molecule is O=P12Oc3ccc4nc(-c5cccc(-n6ccnc6)c5)nc(c4c3O1)O2. The van der Waals surface area contributed by atoms with Crippen molar-refractivity contribution in [2.75, 3.05) is 0 Å². The number of hydrogen-bond acceptors (Lipinski definition) is 7. The highest BCUT2D eigenvalue weighted by Crippen LogP contribution is 2.65. The van der Waals surface area contributed by atoms with Gasteiger partial charge in [-0.05, 0) is 24.3 Å². The van der Waals surface area contributed by atoms with Crippen LogP contribution in [0.15, 0.2) is 55.1 Å². The fourth-order valence-electron chi connectivity index (χ4n) is 3.11. The van der Waals surface area contributed by atoms with Crippen LogP contribution < -0.4 is 13.6 Å². The van der Waals surface area contributed by atoms with Crippen LogP contribution in [0.25, 0.3) is 28.0 Å². The molecule has 1 atom stereocenters. The van der Waals surface area contributed by atoms with E-state index < -0.39 is 7.82 Å². The molecular weight excluding hydrogens is 355 g/mol. The summed E-state index contributed by atoms with van der Waals surface area (Å²) in [7, 11) is -3.68. The Morgan fingerprint density at radius 3 is 2.88 bits per heavy atom. The molecule has 8 nitrogen and oxygen atoms in total. The predicted molar refractivity (Wildman–Crippen MR) is 91.6 cm³/mol. The zero-order valence-corrected chi connectivity index (χ0v) is 14.0. The van der Waals surface area contributed by atoms with E-state index in [-0.39, 0.29) is 5.88 Å². The van der Waals surface area contributed by atoms with Crippen molar-refractivity contribution in [3.8, 4) is 34.5 Å². The van der Waals surface area contributed by atoms with Gasteiger partial charge in [0, 0.05) is 23.6 Å². The van der Waals surface area contributed by atoms with Crippen molar-refractivity contribution in [3.05, 3.63) is 55.1 Å². The number of phosphoric acid groups is 1. The first-order chi connectivity index (χ1) is 12.7. The van der Waals surface area contributed by atoms with Crippen LogP contribution in [0.5, 0.6) is 17.4 Å². The number of rotatable bonds is 2. The molecule has 1 unspecified atom stereocenters. The van der Waals surface area contributed by atoms with E-state index >= 15 is 0 Å². The minimum absolute atomic E-state index is 0.210. The van der Waals surface area contributed by atoms with Crippen LogP contribution in [0.4, 0.5) is 0 Å². The third kappa shape index (κ3) is 1.84. The van der Waals surface area contributed by atoms with Gasteiger partial charge in [-0.15, -0.1) is 0 Å². The number of benzene rings is 2. The molecule has 0 amide bonds. The van der Waals surface area contributed by atoms with Crippen LogP contribution >= 0.6 is 7.82 Å². The zero-order valence-electron chi connectivity index (χ0n) is 13.1. The fraction of sp³-hybridized carbons (Fsp3) is 0. The number of nitrogens with zero attached hydrogens (tertiary/aromatic N) is 4. The standard InChI is InChI=1S/C17H9N4O4P/c22-26-23-13-5-4-12-14(15(13)24-26)17(25-26)20-16(19-12)10-2-1-3-11(8-10)21-7-6-18-9-21/h1-9H. The third-order valence-corrected chi connectivity index (χ3v) is 5.49. The van der Waals surface area contributed by atoms with Gasteiger partial charge in [-0.3, -0.25) is 0 Å². The quantitative estimate of drug-likeness (QED) is 0.501. The molecule has 126 valence electrons. The molecule has 2 bridgehead atoms. The molecule has 2 aromatic carbocycles. The van der Waals surface area contributed by atoms with Gasteiger partial charge in [0.2, 0.25) is 5.88 Å². The topological polar surface area (TPSA) is 88.4 Å². The van der Waals surface area contributed by atoms with Gasteiger partial charge in [0.15, 0.2) is 17.3 Å². The molecule has 0 aliphatic carbocycles. The summed E-state index contributed by atoms with van der Waals surface area (Å²) in [5, 5.41) is 0.570. The lowest BCUT2D eigenvalue weighted by atomic mass is 10.1. The summed E-state index contributed by atoms with van der Waals surface area (Å²) in [6.45, 7) is 0. The number of hydrogen-bond donors (Lipinski definition) is 0. The van der Waals surface area contributed by atoms with E-state index in [0.717, 1.165) is 11.3 Å². The summed E-state index contributed by atoms with van der Waals surface area (Å²) in [5.41, 5.74) is 2.36. The molecule has 6 rings (SSSR count). The smallest absolute Gasteiger partial charge is 0.382 e. The lowest BCUT2D eigenvalue weighted by Crippen LogP contribution is -2.06. The summed E-state index contributed by atoms with van der Waals surface area (Å²) >= 11 is 0. The third-order valence-electron chi connectivity index (χ3n) is 4.27. The highest BCUT2D eigenvalue weighted by molar-refractivity contribution is 7.50. The Morgan fingerprint density at radius 1 is 1.04 bits per heavy atom. The number of fused-ring (bicyclic) bond motifs is 1. The largest absolute Gasteiger partial charge is 0.648 e. The van der Waals surface area contributed by atoms with Crippen LogP contribution in [0.1, 0.15) is 0 Å². The summed E-state index contributed by atoms with van der Waals surface area (Å²) in [6, 6.07) is 11.2. The average molecular weight is 364 g/mol. The average Bonchev–Trinajstić information content (AvgIpc) is 3.27. The summed E-state index contributed by atoms with van der Waals surface area (Å²) in [6.07, 6.45) is 5.28. The fourth-order valence-corrected chi connectivity index (χ4v) is 4.36. The van der Waals surface area contributed by atoms with Crippen molar-refractivity contribution in [2.45, 2.75) is 0 Å². The van der Waals surface area contributed by atoms with Crippen LogP contribution in [0.2, 0.25) is 0 Å². The summed E-state index contributed by atoms with van der Waals surface area (Å²) in [4.78, 5) is 13.1. The molecule has 0 spiro atoms. The Bertz CT molecular complexity index is 1260. The minimum Gasteiger partial charge on any atom is -0.382 e. The lowest BCUT2D eigenvalue weighted by Gasteiger charge is -2.16. The maximum atomic E-state index is 12.4. The molecule has 2 aliphatic heterocycles. The first-order valence-electron chi connectivity index (χ1n) is 7.81. The van der Waals surface area contributed by atoms with Crippen LogP contribution in [0, 0.1) is 0 Å². The van der Waals surface area contributed by atoms with Crippen LogP contribution in [-0.4, -0.2) is 19.5 Å². The normalized spacial score (nSPS) is 19.2. The number of imidazole rings is 1. The monoisotopic (exact) mass is 364 g/mol. The van der Waals surface area contributed by atoms with Crippen LogP contribution in [0.3, 0.4) is 0 Å². The zero-order chi connectivity index (χ0) is 17.3. The van der Waals surface area contributed by atoms with E-state index in [2.05, 4.69) is 15.0 Å². The van der Waals surface area contributed by atoms with E-state index in [9.17, 15) is 4.57 Å². The summed E-state index contributed by atoms with van der Waals surface area (Å²) < 4.78 is 30.4.